The maximum atomic E-state index is 12.0. The minimum atomic E-state index is -3.61. The van der Waals surface area contributed by atoms with E-state index in [0.717, 1.165) is 14.6 Å². The zero-order valence-corrected chi connectivity index (χ0v) is 25.7. The summed E-state index contributed by atoms with van der Waals surface area (Å²) >= 11 is 17.8. The van der Waals surface area contributed by atoms with Crippen LogP contribution in [0.25, 0.3) is 0 Å². The van der Waals surface area contributed by atoms with Gasteiger partial charge in [0.2, 0.25) is 0 Å². The number of nitrogens with two attached hydrogens (primary N) is 1. The van der Waals surface area contributed by atoms with Crippen molar-refractivity contribution in [3.8, 4) is 0 Å². The molecule has 0 heterocycles. The van der Waals surface area contributed by atoms with Crippen molar-refractivity contribution in [2.24, 2.45) is 0 Å². The second-order valence-corrected chi connectivity index (χ2v) is 14.0. The topological polar surface area (TPSA) is 106 Å². The first-order chi connectivity index (χ1) is 17.3. The lowest BCUT2D eigenvalue weighted by atomic mass is 10.3. The Labute approximate surface area is 247 Å². The normalized spacial score (nSPS) is 10.8. The van der Waals surface area contributed by atoms with Crippen molar-refractivity contribution in [2.45, 2.75) is 9.79 Å². The minimum Gasteiger partial charge on any atom is -0.399 e. The molecule has 0 radical (unpaired) electrons. The molecule has 4 aromatic rings. The highest BCUT2D eigenvalue weighted by Gasteiger charge is 2.13. The van der Waals surface area contributed by atoms with E-state index in [1.165, 1.54) is 48.5 Å². The molecule has 0 atom stereocenters. The van der Waals surface area contributed by atoms with Gasteiger partial charge in [-0.2, -0.15) is 0 Å². The third kappa shape index (κ3) is 11.6. The lowest BCUT2D eigenvalue weighted by molar-refractivity contribution is 0.601. The average molecular weight is 730 g/mol. The Morgan fingerprint density at radius 1 is 0.595 bits per heavy atom. The number of benzene rings is 4. The van der Waals surface area contributed by atoms with Crippen molar-refractivity contribution in [3.63, 3.8) is 0 Å². The molecule has 4 rings (SSSR count). The van der Waals surface area contributed by atoms with Gasteiger partial charge in [0.25, 0.3) is 19.1 Å². The van der Waals surface area contributed by atoms with Crippen LogP contribution in [0.5, 0.6) is 0 Å². The third-order valence-corrected chi connectivity index (χ3v) is 8.51. The Hall–Kier alpha value is -1.79. The molecule has 0 aromatic heterocycles. The summed E-state index contributed by atoms with van der Waals surface area (Å²) in [6.07, 6.45) is 0. The van der Waals surface area contributed by atoms with Crippen LogP contribution in [0.15, 0.2) is 116 Å². The van der Waals surface area contributed by atoms with Gasteiger partial charge in [0.15, 0.2) is 0 Å². The van der Waals surface area contributed by atoms with Crippen LogP contribution in [0.1, 0.15) is 0 Å². The van der Waals surface area contributed by atoms with Gasteiger partial charge >= 0.3 is 0 Å². The molecule has 0 unspecified atom stereocenters. The molecule has 0 aliphatic heterocycles. The minimum absolute atomic E-state index is 0.0589. The Bertz CT molecular complexity index is 1480. The fourth-order valence-electron chi connectivity index (χ4n) is 2.41. The molecule has 196 valence electrons. The van der Waals surface area contributed by atoms with E-state index in [1.54, 1.807) is 24.3 Å². The average Bonchev–Trinajstić information content (AvgIpc) is 2.83. The summed E-state index contributed by atoms with van der Waals surface area (Å²) in [5, 5.41) is 0.978. The second kappa shape index (κ2) is 14.4. The Kier molecular flexibility index (Phi) is 12.2. The number of nitrogens with one attached hydrogen (secondary N) is 1. The van der Waals surface area contributed by atoms with Crippen LogP contribution in [0.3, 0.4) is 0 Å². The molecule has 0 aliphatic rings. The molecular formula is C24H19Br2Cl3N2O4S2. The van der Waals surface area contributed by atoms with Crippen molar-refractivity contribution >= 4 is 96.2 Å². The van der Waals surface area contributed by atoms with E-state index < -0.39 is 19.1 Å². The first-order valence-electron chi connectivity index (χ1n) is 10.0. The second-order valence-electron chi connectivity index (χ2n) is 7.01. The molecule has 0 spiro atoms. The van der Waals surface area contributed by atoms with E-state index in [1.807, 2.05) is 24.3 Å². The van der Waals surface area contributed by atoms with Gasteiger partial charge in [-0.15, -0.1) is 0 Å². The monoisotopic (exact) mass is 726 g/mol. The lowest BCUT2D eigenvalue weighted by Crippen LogP contribution is -2.12. The molecule has 13 heteroatoms. The van der Waals surface area contributed by atoms with E-state index in [-0.39, 0.29) is 9.79 Å². The number of halogens is 5. The van der Waals surface area contributed by atoms with Gasteiger partial charge in [-0.1, -0.05) is 55.1 Å². The lowest BCUT2D eigenvalue weighted by Gasteiger charge is -2.08. The molecule has 0 saturated heterocycles. The van der Waals surface area contributed by atoms with Crippen molar-refractivity contribution in [1.82, 2.24) is 0 Å². The Morgan fingerprint density at radius 3 is 1.35 bits per heavy atom. The number of nitrogen functional groups attached to an aromatic ring is 1. The largest absolute Gasteiger partial charge is 0.399 e. The summed E-state index contributed by atoms with van der Waals surface area (Å²) in [4.78, 5) is 0.235. The maximum Gasteiger partial charge on any atom is 0.261 e. The quantitative estimate of drug-likeness (QED) is 0.163. The van der Waals surface area contributed by atoms with Crippen LogP contribution < -0.4 is 10.5 Å². The van der Waals surface area contributed by atoms with E-state index in [9.17, 15) is 16.8 Å². The number of hydrogen-bond donors (Lipinski definition) is 2. The van der Waals surface area contributed by atoms with E-state index in [4.69, 9.17) is 39.6 Å². The fraction of sp³-hybridized carbons (Fsp3) is 0. The van der Waals surface area contributed by atoms with E-state index >= 15 is 0 Å². The van der Waals surface area contributed by atoms with Gasteiger partial charge in [0.05, 0.1) is 9.79 Å². The smallest absolute Gasteiger partial charge is 0.261 e. The molecule has 37 heavy (non-hydrogen) atoms. The van der Waals surface area contributed by atoms with Crippen LogP contribution >= 0.6 is 65.7 Å². The first-order valence-corrected chi connectivity index (χ1v) is 16.1. The standard InChI is InChI=1S/C12H9BrClNO2S.C6H6BrN.C6H4Cl2O2S/c13-9-1-5-11(6-2-9)15-18(16,17)12-7-3-10(14)4-8-12;7-5-1-3-6(8)4-2-5;7-5-1-3-6(4-2-5)11(8,9)10/h1-8,15H;1-4H,8H2;1-4H. The summed E-state index contributed by atoms with van der Waals surface area (Å²) in [7, 11) is -2.13. The van der Waals surface area contributed by atoms with Gasteiger partial charge in [0.1, 0.15) is 0 Å². The van der Waals surface area contributed by atoms with E-state index in [2.05, 4.69) is 36.6 Å². The summed E-state index contributed by atoms with van der Waals surface area (Å²) in [6.45, 7) is 0. The zero-order chi connectivity index (χ0) is 27.6. The summed E-state index contributed by atoms with van der Waals surface area (Å²) in [6, 6.07) is 26.1. The number of rotatable bonds is 4. The fourth-order valence-corrected chi connectivity index (χ4v) is 5.01. The van der Waals surface area contributed by atoms with Crippen LogP contribution in [0, 0.1) is 0 Å². The highest BCUT2D eigenvalue weighted by Crippen LogP contribution is 2.20. The van der Waals surface area contributed by atoms with Crippen molar-refractivity contribution in [2.75, 3.05) is 10.5 Å². The molecule has 0 bridgehead atoms. The molecule has 3 N–H and O–H groups in total. The highest BCUT2D eigenvalue weighted by atomic mass is 79.9. The van der Waals surface area contributed by atoms with Crippen LogP contribution in [0.4, 0.5) is 11.4 Å². The maximum absolute atomic E-state index is 12.0. The molecule has 0 aliphatic carbocycles. The number of hydrogen-bond acceptors (Lipinski definition) is 5. The van der Waals surface area contributed by atoms with Gasteiger partial charge in [-0.3, -0.25) is 4.72 Å². The SMILES string of the molecule is Nc1ccc(Br)cc1.O=S(=O)(Cl)c1ccc(Cl)cc1.O=S(=O)(Nc1ccc(Br)cc1)c1ccc(Cl)cc1. The predicted molar refractivity (Wildman–Crippen MR) is 159 cm³/mol. The summed E-state index contributed by atoms with van der Waals surface area (Å²) < 4.78 is 49.8. The van der Waals surface area contributed by atoms with Crippen molar-refractivity contribution in [1.29, 1.82) is 0 Å². The summed E-state index contributed by atoms with van der Waals surface area (Å²) in [5.74, 6) is 0. The predicted octanol–water partition coefficient (Wildman–Crippen LogP) is 8.20. The van der Waals surface area contributed by atoms with Crippen molar-refractivity contribution in [3.05, 3.63) is 116 Å². The molecule has 6 nitrogen and oxygen atoms in total. The molecule has 4 aromatic carbocycles. The Morgan fingerprint density at radius 2 is 0.973 bits per heavy atom. The van der Waals surface area contributed by atoms with Gasteiger partial charge in [0, 0.05) is 41.0 Å². The van der Waals surface area contributed by atoms with Crippen LogP contribution in [-0.4, -0.2) is 16.8 Å². The van der Waals surface area contributed by atoms with Crippen LogP contribution in [-0.2, 0) is 19.1 Å². The van der Waals surface area contributed by atoms with Gasteiger partial charge in [-0.05, 0) is 97.1 Å². The summed E-state index contributed by atoms with van der Waals surface area (Å²) in [5.41, 5.74) is 6.71. The van der Waals surface area contributed by atoms with Gasteiger partial charge < -0.3 is 5.73 Å². The molecule has 0 saturated carbocycles. The molecular weight excluding hydrogens is 711 g/mol. The van der Waals surface area contributed by atoms with Crippen LogP contribution in [0.2, 0.25) is 10.0 Å². The van der Waals surface area contributed by atoms with Crippen molar-refractivity contribution < 1.29 is 16.8 Å². The Balaban J connectivity index is 0.000000215. The first kappa shape index (κ1) is 31.4. The zero-order valence-electron chi connectivity index (χ0n) is 18.7. The third-order valence-electron chi connectivity index (χ3n) is 4.19. The number of sulfonamides is 1. The highest BCUT2D eigenvalue weighted by molar-refractivity contribution is 9.10. The van der Waals surface area contributed by atoms with E-state index in [0.29, 0.717) is 15.7 Å². The number of anilines is 2. The van der Waals surface area contributed by atoms with Gasteiger partial charge in [-0.25, -0.2) is 16.8 Å². The molecule has 0 fully saturated rings. The molecule has 0 amide bonds.